The van der Waals surface area contributed by atoms with Gasteiger partial charge >= 0.3 is 0 Å². The Morgan fingerprint density at radius 2 is 2.08 bits per heavy atom. The lowest BCUT2D eigenvalue weighted by atomic mass is 10.1. The van der Waals surface area contributed by atoms with Crippen molar-refractivity contribution in [1.82, 2.24) is 0 Å². The highest BCUT2D eigenvalue weighted by atomic mass is 32.1. The molecular weight excluding hydrogens is 182 g/mol. The van der Waals surface area contributed by atoms with Gasteiger partial charge in [-0.3, -0.25) is 0 Å². The van der Waals surface area contributed by atoms with E-state index in [0.29, 0.717) is 11.4 Å². The molecule has 0 aliphatic rings. The van der Waals surface area contributed by atoms with Gasteiger partial charge in [-0.25, -0.2) is 0 Å². The third-order valence-electron chi connectivity index (χ3n) is 1.84. The van der Waals surface area contributed by atoms with Crippen molar-refractivity contribution in [2.75, 3.05) is 7.11 Å². The van der Waals surface area contributed by atoms with Gasteiger partial charge in [0, 0.05) is 13.5 Å². The van der Waals surface area contributed by atoms with Gasteiger partial charge in [0.05, 0.1) is 11.1 Å². The summed E-state index contributed by atoms with van der Waals surface area (Å²) in [4.78, 5) is 0.482. The highest BCUT2D eigenvalue weighted by Gasteiger charge is 2.10. The molecule has 0 fully saturated rings. The summed E-state index contributed by atoms with van der Waals surface area (Å²) < 4.78 is 5.28. The summed E-state index contributed by atoms with van der Waals surface area (Å²) in [6.45, 7) is 0. The first-order valence-electron chi connectivity index (χ1n) is 4.10. The van der Waals surface area contributed by atoms with Crippen molar-refractivity contribution in [3.05, 3.63) is 35.9 Å². The van der Waals surface area contributed by atoms with Gasteiger partial charge < -0.3 is 10.5 Å². The van der Waals surface area contributed by atoms with Crippen LogP contribution in [-0.2, 0) is 4.74 Å². The fourth-order valence-corrected chi connectivity index (χ4v) is 1.34. The van der Waals surface area contributed by atoms with E-state index in [0.717, 1.165) is 5.56 Å². The molecule has 1 atom stereocenters. The normalized spacial score (nSPS) is 12.4. The Balaban J connectivity index is 2.73. The van der Waals surface area contributed by atoms with Crippen LogP contribution in [0, 0.1) is 0 Å². The number of hydrogen-bond acceptors (Lipinski definition) is 2. The predicted molar refractivity (Wildman–Crippen MR) is 57.6 cm³/mol. The van der Waals surface area contributed by atoms with Gasteiger partial charge in [0.15, 0.2) is 0 Å². The van der Waals surface area contributed by atoms with E-state index in [9.17, 15) is 0 Å². The monoisotopic (exact) mass is 195 g/mol. The molecule has 0 saturated heterocycles. The lowest BCUT2D eigenvalue weighted by Crippen LogP contribution is -2.14. The average Bonchev–Trinajstić information content (AvgIpc) is 2.15. The largest absolute Gasteiger partial charge is 0.393 e. The summed E-state index contributed by atoms with van der Waals surface area (Å²) in [5.74, 6) is 0. The van der Waals surface area contributed by atoms with Crippen LogP contribution >= 0.6 is 12.2 Å². The highest BCUT2D eigenvalue weighted by Crippen LogP contribution is 2.19. The van der Waals surface area contributed by atoms with Crippen LogP contribution in [0.1, 0.15) is 18.1 Å². The fourth-order valence-electron chi connectivity index (χ4n) is 1.19. The second-order valence-electron chi connectivity index (χ2n) is 2.81. The smallest absolute Gasteiger partial charge is 0.0884 e. The highest BCUT2D eigenvalue weighted by molar-refractivity contribution is 7.80. The Labute approximate surface area is 83.7 Å². The minimum Gasteiger partial charge on any atom is -0.393 e. The van der Waals surface area contributed by atoms with Crippen molar-refractivity contribution in [2.45, 2.75) is 12.5 Å². The molecule has 3 heteroatoms. The number of nitrogens with two attached hydrogens (primary N) is 1. The van der Waals surface area contributed by atoms with E-state index < -0.39 is 0 Å². The molecule has 0 saturated carbocycles. The van der Waals surface area contributed by atoms with Crippen LogP contribution in [0.4, 0.5) is 0 Å². The SMILES string of the molecule is COC(CC(N)=S)c1ccccc1. The molecule has 2 N–H and O–H groups in total. The summed E-state index contributed by atoms with van der Waals surface area (Å²) in [5.41, 5.74) is 6.57. The molecule has 70 valence electrons. The summed E-state index contributed by atoms with van der Waals surface area (Å²) in [7, 11) is 1.66. The maximum Gasteiger partial charge on any atom is 0.0884 e. The maximum atomic E-state index is 5.46. The number of benzene rings is 1. The van der Waals surface area contributed by atoms with Gasteiger partial charge in [-0.1, -0.05) is 42.5 Å². The molecule has 0 aliphatic heterocycles. The molecule has 1 unspecified atom stereocenters. The molecule has 0 bridgehead atoms. The Bertz CT molecular complexity index is 274. The van der Waals surface area contributed by atoms with Crippen molar-refractivity contribution in [1.29, 1.82) is 0 Å². The van der Waals surface area contributed by atoms with Crippen LogP contribution in [0.3, 0.4) is 0 Å². The summed E-state index contributed by atoms with van der Waals surface area (Å²) >= 11 is 4.84. The summed E-state index contributed by atoms with van der Waals surface area (Å²) in [6, 6.07) is 9.93. The Morgan fingerprint density at radius 3 is 2.54 bits per heavy atom. The molecule has 13 heavy (non-hydrogen) atoms. The minimum atomic E-state index is -0.0151. The lowest BCUT2D eigenvalue weighted by Gasteiger charge is -2.14. The molecule has 0 aliphatic carbocycles. The average molecular weight is 195 g/mol. The first kappa shape index (κ1) is 10.2. The first-order valence-corrected chi connectivity index (χ1v) is 4.51. The molecule has 1 rings (SSSR count). The standard InChI is InChI=1S/C10H13NOS/c1-12-9(7-10(11)13)8-5-3-2-4-6-8/h2-6,9H,7H2,1H3,(H2,11,13). The molecule has 1 aromatic carbocycles. The number of thiocarbonyl (C=S) groups is 1. The lowest BCUT2D eigenvalue weighted by molar-refractivity contribution is 0.110. The van der Waals surface area contributed by atoms with Crippen LogP contribution in [0.15, 0.2) is 30.3 Å². The van der Waals surface area contributed by atoms with Crippen LogP contribution < -0.4 is 5.73 Å². The first-order chi connectivity index (χ1) is 6.24. The van der Waals surface area contributed by atoms with Crippen molar-refractivity contribution in [2.24, 2.45) is 5.73 Å². The van der Waals surface area contributed by atoms with E-state index in [4.69, 9.17) is 22.7 Å². The topological polar surface area (TPSA) is 35.2 Å². The zero-order chi connectivity index (χ0) is 9.68. The second kappa shape index (κ2) is 4.94. The number of rotatable bonds is 4. The van der Waals surface area contributed by atoms with Gasteiger partial charge in [-0.15, -0.1) is 0 Å². The van der Waals surface area contributed by atoms with E-state index in [1.807, 2.05) is 30.3 Å². The van der Waals surface area contributed by atoms with Crippen LogP contribution in [0.2, 0.25) is 0 Å². The molecule has 0 radical (unpaired) electrons. The number of methoxy groups -OCH3 is 1. The van der Waals surface area contributed by atoms with Gasteiger partial charge in [0.2, 0.25) is 0 Å². The predicted octanol–water partition coefficient (Wildman–Crippen LogP) is 2.05. The van der Waals surface area contributed by atoms with E-state index in [2.05, 4.69) is 0 Å². The zero-order valence-corrected chi connectivity index (χ0v) is 8.38. The van der Waals surface area contributed by atoms with E-state index in [1.165, 1.54) is 0 Å². The molecule has 0 aromatic heterocycles. The maximum absolute atomic E-state index is 5.46. The molecule has 0 spiro atoms. The third kappa shape index (κ3) is 3.13. The van der Waals surface area contributed by atoms with Crippen molar-refractivity contribution in [3.8, 4) is 0 Å². The Kier molecular flexibility index (Phi) is 3.86. The number of ether oxygens (including phenoxy) is 1. The quantitative estimate of drug-likeness (QED) is 0.747. The number of hydrogen-bond donors (Lipinski definition) is 1. The van der Waals surface area contributed by atoms with Gasteiger partial charge in [0.1, 0.15) is 0 Å². The zero-order valence-electron chi connectivity index (χ0n) is 7.57. The Hall–Kier alpha value is -0.930. The fraction of sp³-hybridized carbons (Fsp3) is 0.300. The van der Waals surface area contributed by atoms with Gasteiger partial charge in [-0.05, 0) is 5.56 Å². The second-order valence-corrected chi connectivity index (χ2v) is 3.33. The molecule has 0 amide bonds. The minimum absolute atomic E-state index is 0.0151. The van der Waals surface area contributed by atoms with Crippen LogP contribution in [0.5, 0.6) is 0 Å². The van der Waals surface area contributed by atoms with Gasteiger partial charge in [-0.2, -0.15) is 0 Å². The summed E-state index contributed by atoms with van der Waals surface area (Å²) in [5, 5.41) is 0. The third-order valence-corrected chi connectivity index (χ3v) is 2.01. The molecule has 0 heterocycles. The molecule has 2 nitrogen and oxygen atoms in total. The van der Waals surface area contributed by atoms with E-state index in [1.54, 1.807) is 7.11 Å². The van der Waals surface area contributed by atoms with Crippen LogP contribution in [0.25, 0.3) is 0 Å². The van der Waals surface area contributed by atoms with Crippen molar-refractivity contribution >= 4 is 17.2 Å². The van der Waals surface area contributed by atoms with Crippen LogP contribution in [-0.4, -0.2) is 12.1 Å². The van der Waals surface area contributed by atoms with Crippen molar-refractivity contribution in [3.63, 3.8) is 0 Å². The van der Waals surface area contributed by atoms with Gasteiger partial charge in [0.25, 0.3) is 0 Å². The van der Waals surface area contributed by atoms with E-state index in [-0.39, 0.29) is 6.10 Å². The summed E-state index contributed by atoms with van der Waals surface area (Å²) in [6.07, 6.45) is 0.578. The molecule has 1 aromatic rings. The molecular formula is C10H13NOS. The van der Waals surface area contributed by atoms with E-state index >= 15 is 0 Å². The Morgan fingerprint density at radius 1 is 1.46 bits per heavy atom. The van der Waals surface area contributed by atoms with Crippen molar-refractivity contribution < 1.29 is 4.74 Å².